The normalized spacial score (nSPS) is 30.0. The minimum absolute atomic E-state index is 0.180. The monoisotopic (exact) mass is 251 g/mol. The second kappa shape index (κ2) is 4.76. The van der Waals surface area contributed by atoms with E-state index in [0.29, 0.717) is 0 Å². The van der Waals surface area contributed by atoms with Crippen molar-refractivity contribution < 1.29 is 18.3 Å². The molecule has 17 heavy (non-hydrogen) atoms. The lowest BCUT2D eigenvalue weighted by atomic mass is 9.57. The van der Waals surface area contributed by atoms with Crippen molar-refractivity contribution in [2.75, 3.05) is 6.54 Å². The Bertz CT molecular complexity index is 261. The largest absolute Gasteiger partial charge is 0.415 e. The average molecular weight is 251 g/mol. The number of hydrogen-bond acceptors (Lipinski definition) is 2. The van der Waals surface area contributed by atoms with E-state index in [-0.39, 0.29) is 18.0 Å². The van der Waals surface area contributed by atoms with Gasteiger partial charge in [-0.1, -0.05) is 19.3 Å². The number of alkyl halides is 3. The SMILES string of the molecule is OC(CNC1CCC12CCCCC2)C(F)(F)F. The van der Waals surface area contributed by atoms with Crippen molar-refractivity contribution in [1.82, 2.24) is 5.32 Å². The molecule has 2 rings (SSSR count). The number of nitrogens with one attached hydrogen (secondary N) is 1. The Morgan fingerprint density at radius 3 is 2.29 bits per heavy atom. The van der Waals surface area contributed by atoms with Gasteiger partial charge in [0.2, 0.25) is 0 Å². The molecule has 0 saturated heterocycles. The molecular weight excluding hydrogens is 231 g/mol. The molecule has 2 aliphatic carbocycles. The Balaban J connectivity index is 1.80. The van der Waals surface area contributed by atoms with Crippen LogP contribution in [-0.2, 0) is 0 Å². The van der Waals surface area contributed by atoms with Crippen molar-refractivity contribution in [2.45, 2.75) is 63.3 Å². The summed E-state index contributed by atoms with van der Waals surface area (Å²) in [6.07, 6.45) is 1.25. The molecule has 1 spiro atoms. The maximum Gasteiger partial charge on any atom is 0.415 e. The minimum Gasteiger partial charge on any atom is -0.382 e. The van der Waals surface area contributed by atoms with Crippen LogP contribution in [-0.4, -0.2) is 30.0 Å². The second-order valence-corrected chi connectivity index (χ2v) is 5.48. The molecule has 0 amide bonds. The van der Waals surface area contributed by atoms with Crippen LogP contribution in [0.15, 0.2) is 0 Å². The molecule has 2 unspecified atom stereocenters. The molecule has 0 aromatic heterocycles. The topological polar surface area (TPSA) is 32.3 Å². The molecule has 0 aromatic carbocycles. The zero-order valence-corrected chi connectivity index (χ0v) is 9.89. The van der Waals surface area contributed by atoms with Crippen molar-refractivity contribution in [3.63, 3.8) is 0 Å². The highest BCUT2D eigenvalue weighted by Crippen LogP contribution is 2.51. The smallest absolute Gasteiger partial charge is 0.382 e. The molecule has 0 heterocycles. The van der Waals surface area contributed by atoms with Crippen LogP contribution in [0.4, 0.5) is 13.2 Å². The van der Waals surface area contributed by atoms with E-state index in [9.17, 15) is 13.2 Å². The average Bonchev–Trinajstić information content (AvgIpc) is 2.27. The maximum absolute atomic E-state index is 12.2. The third-order valence-corrected chi connectivity index (χ3v) is 4.45. The Morgan fingerprint density at radius 1 is 1.18 bits per heavy atom. The Kier molecular flexibility index (Phi) is 3.69. The van der Waals surface area contributed by atoms with Gasteiger partial charge in [-0.15, -0.1) is 0 Å². The van der Waals surface area contributed by atoms with Gasteiger partial charge in [-0.2, -0.15) is 13.2 Å². The predicted molar refractivity (Wildman–Crippen MR) is 58.6 cm³/mol. The highest BCUT2D eigenvalue weighted by atomic mass is 19.4. The zero-order chi connectivity index (χ0) is 12.5. The Labute approximate surface area is 99.6 Å². The summed E-state index contributed by atoms with van der Waals surface area (Å²) < 4.78 is 36.5. The van der Waals surface area contributed by atoms with Gasteiger partial charge in [0.05, 0.1) is 0 Å². The van der Waals surface area contributed by atoms with Crippen LogP contribution < -0.4 is 5.32 Å². The van der Waals surface area contributed by atoms with Crippen LogP contribution in [0.1, 0.15) is 44.9 Å². The van der Waals surface area contributed by atoms with Crippen molar-refractivity contribution in [3.05, 3.63) is 0 Å². The lowest BCUT2D eigenvalue weighted by Crippen LogP contribution is -2.56. The lowest BCUT2D eigenvalue weighted by Gasteiger charge is -2.52. The molecular formula is C12H20F3NO. The zero-order valence-electron chi connectivity index (χ0n) is 9.89. The summed E-state index contributed by atoms with van der Waals surface area (Å²) in [4.78, 5) is 0. The number of aliphatic hydroxyl groups is 1. The van der Waals surface area contributed by atoms with E-state index in [0.717, 1.165) is 25.7 Å². The number of hydrogen-bond donors (Lipinski definition) is 2. The fourth-order valence-electron chi connectivity index (χ4n) is 3.24. The van der Waals surface area contributed by atoms with Crippen molar-refractivity contribution in [3.8, 4) is 0 Å². The first-order chi connectivity index (χ1) is 7.94. The number of halogens is 3. The van der Waals surface area contributed by atoms with Crippen LogP contribution in [0.2, 0.25) is 0 Å². The molecule has 100 valence electrons. The molecule has 0 aromatic rings. The molecule has 2 N–H and O–H groups in total. The highest BCUT2D eigenvalue weighted by molar-refractivity contribution is 5.01. The summed E-state index contributed by atoms with van der Waals surface area (Å²) in [6.45, 7) is -0.365. The van der Waals surface area contributed by atoms with Gasteiger partial charge < -0.3 is 10.4 Å². The van der Waals surface area contributed by atoms with Gasteiger partial charge in [0.25, 0.3) is 0 Å². The van der Waals surface area contributed by atoms with Crippen LogP contribution in [0.5, 0.6) is 0 Å². The minimum atomic E-state index is -4.50. The third kappa shape index (κ3) is 2.76. The second-order valence-electron chi connectivity index (χ2n) is 5.48. The van der Waals surface area contributed by atoms with Gasteiger partial charge in [0.15, 0.2) is 6.10 Å². The van der Waals surface area contributed by atoms with Gasteiger partial charge >= 0.3 is 6.18 Å². The quantitative estimate of drug-likeness (QED) is 0.808. The summed E-state index contributed by atoms with van der Waals surface area (Å²) in [5, 5.41) is 11.9. The van der Waals surface area contributed by atoms with E-state index in [1.165, 1.54) is 19.3 Å². The van der Waals surface area contributed by atoms with Crippen LogP contribution >= 0.6 is 0 Å². The summed E-state index contributed by atoms with van der Waals surface area (Å²) in [5.41, 5.74) is 0.240. The van der Waals surface area contributed by atoms with E-state index in [2.05, 4.69) is 5.32 Å². The van der Waals surface area contributed by atoms with E-state index in [1.54, 1.807) is 0 Å². The maximum atomic E-state index is 12.2. The molecule has 0 radical (unpaired) electrons. The molecule has 2 saturated carbocycles. The van der Waals surface area contributed by atoms with Crippen molar-refractivity contribution >= 4 is 0 Å². The fourth-order valence-corrected chi connectivity index (χ4v) is 3.24. The Hall–Kier alpha value is -0.290. The van der Waals surface area contributed by atoms with Crippen LogP contribution in [0, 0.1) is 5.41 Å². The molecule has 2 aliphatic rings. The predicted octanol–water partition coefficient (Wildman–Crippen LogP) is 2.61. The van der Waals surface area contributed by atoms with Gasteiger partial charge in [0, 0.05) is 12.6 Å². The molecule has 0 aliphatic heterocycles. The van der Waals surface area contributed by atoms with Crippen molar-refractivity contribution in [2.24, 2.45) is 5.41 Å². The van der Waals surface area contributed by atoms with Crippen LogP contribution in [0.25, 0.3) is 0 Å². The summed E-state index contributed by atoms with van der Waals surface area (Å²) in [7, 11) is 0. The number of rotatable bonds is 3. The van der Waals surface area contributed by atoms with Crippen LogP contribution in [0.3, 0.4) is 0 Å². The molecule has 2 nitrogen and oxygen atoms in total. The highest BCUT2D eigenvalue weighted by Gasteiger charge is 2.47. The molecule has 5 heteroatoms. The van der Waals surface area contributed by atoms with E-state index in [1.807, 2.05) is 0 Å². The van der Waals surface area contributed by atoms with E-state index < -0.39 is 12.3 Å². The number of aliphatic hydroxyl groups excluding tert-OH is 1. The first-order valence-electron chi connectivity index (χ1n) is 6.42. The lowest BCUT2D eigenvalue weighted by molar-refractivity contribution is -0.203. The van der Waals surface area contributed by atoms with Crippen molar-refractivity contribution in [1.29, 1.82) is 0 Å². The summed E-state index contributed by atoms with van der Waals surface area (Å²) in [6, 6.07) is 0.180. The first kappa shape index (κ1) is 13.1. The summed E-state index contributed by atoms with van der Waals surface area (Å²) in [5.74, 6) is 0. The molecule has 2 atom stereocenters. The van der Waals surface area contributed by atoms with Gasteiger partial charge in [-0.25, -0.2) is 0 Å². The summed E-state index contributed by atoms with van der Waals surface area (Å²) >= 11 is 0. The van der Waals surface area contributed by atoms with E-state index in [4.69, 9.17) is 5.11 Å². The molecule has 2 fully saturated rings. The third-order valence-electron chi connectivity index (χ3n) is 4.45. The Morgan fingerprint density at radius 2 is 1.82 bits per heavy atom. The fraction of sp³-hybridized carbons (Fsp3) is 1.00. The van der Waals surface area contributed by atoms with Gasteiger partial charge in [-0.05, 0) is 31.1 Å². The molecule has 0 bridgehead atoms. The van der Waals surface area contributed by atoms with Gasteiger partial charge in [0.1, 0.15) is 0 Å². The van der Waals surface area contributed by atoms with E-state index >= 15 is 0 Å². The standard InChI is InChI=1S/C12H20F3NO/c13-12(14,15)10(17)8-16-9-4-7-11(9)5-2-1-3-6-11/h9-10,16-17H,1-8H2. The van der Waals surface area contributed by atoms with Gasteiger partial charge in [-0.3, -0.25) is 0 Å². The first-order valence-corrected chi connectivity index (χ1v) is 6.42.